The first-order valence-electron chi connectivity index (χ1n) is 4.92. The molecule has 2 rings (SSSR count). The summed E-state index contributed by atoms with van der Waals surface area (Å²) in [5.41, 5.74) is 7.02. The third-order valence-electron chi connectivity index (χ3n) is 2.55. The van der Waals surface area contributed by atoms with Crippen molar-refractivity contribution in [1.82, 2.24) is 0 Å². The average Bonchev–Trinajstić information content (AvgIpc) is 2.20. The summed E-state index contributed by atoms with van der Waals surface area (Å²) < 4.78 is 10.8. The summed E-state index contributed by atoms with van der Waals surface area (Å²) in [7, 11) is 1.65. The Morgan fingerprint density at radius 3 is 3.00 bits per heavy atom. The van der Waals surface area contributed by atoms with Crippen LogP contribution in [0.25, 0.3) is 0 Å². The smallest absolute Gasteiger partial charge is 0.143 e. The van der Waals surface area contributed by atoms with Crippen LogP contribution >= 0.6 is 24.0 Å². The Kier molecular flexibility index (Phi) is 4.87. The molecule has 0 saturated heterocycles. The number of rotatable bonds is 2. The molecule has 1 aliphatic rings. The summed E-state index contributed by atoms with van der Waals surface area (Å²) in [6.45, 7) is 0.540. The maximum absolute atomic E-state index is 6.05. The normalized spacial score (nSPS) is 22.9. The Morgan fingerprint density at radius 1 is 1.56 bits per heavy atom. The van der Waals surface area contributed by atoms with E-state index >= 15 is 0 Å². The highest BCUT2D eigenvalue weighted by Gasteiger charge is 2.27. The number of hydrogen-bond acceptors (Lipinski definition) is 3. The summed E-state index contributed by atoms with van der Waals surface area (Å²) in [5.74, 6) is 0.708. The number of hydrogen-bond donors (Lipinski definition) is 1. The average molecular weight is 264 g/mol. The number of nitrogens with two attached hydrogens (primary N) is 1. The molecular weight excluding hydrogens is 249 g/mol. The van der Waals surface area contributed by atoms with Gasteiger partial charge in [0.15, 0.2) is 0 Å². The lowest BCUT2D eigenvalue weighted by molar-refractivity contribution is 0.0610. The largest absolute Gasteiger partial charge is 0.486 e. The minimum absolute atomic E-state index is 0. The Morgan fingerprint density at radius 2 is 2.31 bits per heavy atom. The minimum Gasteiger partial charge on any atom is -0.486 e. The lowest BCUT2D eigenvalue weighted by atomic mass is 9.97. The summed E-state index contributed by atoms with van der Waals surface area (Å²) in [6.07, 6.45) is 0.763. The van der Waals surface area contributed by atoms with Crippen molar-refractivity contribution in [1.29, 1.82) is 0 Å². The topological polar surface area (TPSA) is 44.5 Å². The summed E-state index contributed by atoms with van der Waals surface area (Å²) in [5, 5.41) is 0.615. The molecule has 1 heterocycles. The van der Waals surface area contributed by atoms with Crippen LogP contribution in [0.15, 0.2) is 18.2 Å². The van der Waals surface area contributed by atoms with Gasteiger partial charge < -0.3 is 15.2 Å². The molecule has 16 heavy (non-hydrogen) atoms. The number of halogens is 2. The molecule has 0 spiro atoms. The van der Waals surface area contributed by atoms with E-state index in [0.717, 1.165) is 12.0 Å². The molecule has 3 nitrogen and oxygen atoms in total. The van der Waals surface area contributed by atoms with Crippen molar-refractivity contribution in [3.63, 3.8) is 0 Å². The van der Waals surface area contributed by atoms with Crippen molar-refractivity contribution in [3.8, 4) is 5.75 Å². The second-order valence-corrected chi connectivity index (χ2v) is 4.10. The molecule has 1 aromatic carbocycles. The van der Waals surface area contributed by atoms with Gasteiger partial charge in [0.05, 0.1) is 11.6 Å². The predicted octanol–water partition coefficient (Wildman–Crippen LogP) is 2.56. The molecule has 0 fully saturated rings. The van der Waals surface area contributed by atoms with Crippen LogP contribution in [0, 0.1) is 0 Å². The zero-order chi connectivity index (χ0) is 10.8. The standard InChI is InChI=1S/C11H14ClNO2.ClH/c1-14-6-7-5-10(13)8-3-2-4-9(12)11(8)15-7;/h2-4,7,10H,5-6,13H2,1H3;1H. The van der Waals surface area contributed by atoms with E-state index in [-0.39, 0.29) is 24.6 Å². The Balaban J connectivity index is 0.00000128. The Bertz CT molecular complexity index is 360. The molecule has 90 valence electrons. The van der Waals surface area contributed by atoms with Gasteiger partial charge in [0.2, 0.25) is 0 Å². The van der Waals surface area contributed by atoms with Crippen molar-refractivity contribution in [3.05, 3.63) is 28.8 Å². The number of benzene rings is 1. The van der Waals surface area contributed by atoms with Crippen LogP contribution in [-0.4, -0.2) is 19.8 Å². The fourth-order valence-electron chi connectivity index (χ4n) is 1.85. The first-order valence-corrected chi connectivity index (χ1v) is 5.29. The third-order valence-corrected chi connectivity index (χ3v) is 2.85. The van der Waals surface area contributed by atoms with Crippen LogP contribution in [0.5, 0.6) is 5.75 Å². The van der Waals surface area contributed by atoms with Crippen LogP contribution in [0.4, 0.5) is 0 Å². The quantitative estimate of drug-likeness (QED) is 0.892. The van der Waals surface area contributed by atoms with Gasteiger partial charge >= 0.3 is 0 Å². The SMILES string of the molecule is COCC1CC(N)c2cccc(Cl)c2O1.Cl. The van der Waals surface area contributed by atoms with Gasteiger partial charge in [-0.1, -0.05) is 23.7 Å². The Hall–Kier alpha value is -0.480. The van der Waals surface area contributed by atoms with Gasteiger partial charge in [0.1, 0.15) is 11.9 Å². The minimum atomic E-state index is -0.0207. The molecule has 0 radical (unpaired) electrons. The lowest BCUT2D eigenvalue weighted by Crippen LogP contribution is -2.32. The summed E-state index contributed by atoms with van der Waals surface area (Å²) in [6, 6.07) is 5.63. The van der Waals surface area contributed by atoms with E-state index in [1.807, 2.05) is 18.2 Å². The monoisotopic (exact) mass is 263 g/mol. The van der Waals surface area contributed by atoms with E-state index in [1.54, 1.807) is 7.11 Å². The molecule has 0 aromatic heterocycles. The van der Waals surface area contributed by atoms with E-state index in [4.69, 9.17) is 26.8 Å². The highest BCUT2D eigenvalue weighted by molar-refractivity contribution is 6.32. The molecule has 1 aliphatic heterocycles. The summed E-state index contributed by atoms with van der Waals surface area (Å²) >= 11 is 6.05. The van der Waals surface area contributed by atoms with Crippen molar-refractivity contribution >= 4 is 24.0 Å². The molecule has 2 unspecified atom stereocenters. The van der Waals surface area contributed by atoms with Crippen LogP contribution in [0.1, 0.15) is 18.0 Å². The van der Waals surface area contributed by atoms with Gasteiger partial charge in [-0.3, -0.25) is 0 Å². The summed E-state index contributed by atoms with van der Waals surface area (Å²) in [4.78, 5) is 0. The fourth-order valence-corrected chi connectivity index (χ4v) is 2.08. The fraction of sp³-hybridized carbons (Fsp3) is 0.455. The van der Waals surface area contributed by atoms with E-state index in [1.165, 1.54) is 0 Å². The van der Waals surface area contributed by atoms with Gasteiger partial charge in [-0.2, -0.15) is 0 Å². The number of ether oxygens (including phenoxy) is 2. The molecule has 0 saturated carbocycles. The first-order chi connectivity index (χ1) is 7.22. The van der Waals surface area contributed by atoms with Crippen LogP contribution in [-0.2, 0) is 4.74 Å². The van der Waals surface area contributed by atoms with E-state index in [2.05, 4.69) is 0 Å². The van der Waals surface area contributed by atoms with Crippen molar-refractivity contribution in [2.75, 3.05) is 13.7 Å². The van der Waals surface area contributed by atoms with E-state index < -0.39 is 0 Å². The lowest BCUT2D eigenvalue weighted by Gasteiger charge is -2.30. The van der Waals surface area contributed by atoms with Crippen molar-refractivity contribution in [2.45, 2.75) is 18.6 Å². The highest BCUT2D eigenvalue weighted by Crippen LogP contribution is 2.38. The van der Waals surface area contributed by atoms with Crippen LogP contribution < -0.4 is 10.5 Å². The van der Waals surface area contributed by atoms with E-state index in [0.29, 0.717) is 17.4 Å². The Labute approximate surface area is 106 Å². The number of para-hydroxylation sites is 1. The second kappa shape index (κ2) is 5.73. The molecule has 0 amide bonds. The maximum atomic E-state index is 6.05. The van der Waals surface area contributed by atoms with Crippen molar-refractivity contribution < 1.29 is 9.47 Å². The maximum Gasteiger partial charge on any atom is 0.143 e. The zero-order valence-electron chi connectivity index (χ0n) is 8.98. The van der Waals surface area contributed by atoms with Gasteiger partial charge in [0, 0.05) is 25.1 Å². The van der Waals surface area contributed by atoms with Gasteiger partial charge in [-0.25, -0.2) is 0 Å². The third kappa shape index (κ3) is 2.61. The molecule has 2 atom stereocenters. The van der Waals surface area contributed by atoms with Gasteiger partial charge in [-0.15, -0.1) is 12.4 Å². The second-order valence-electron chi connectivity index (χ2n) is 3.70. The zero-order valence-corrected chi connectivity index (χ0v) is 10.6. The van der Waals surface area contributed by atoms with Gasteiger partial charge in [-0.05, 0) is 6.07 Å². The van der Waals surface area contributed by atoms with E-state index in [9.17, 15) is 0 Å². The predicted molar refractivity (Wildman–Crippen MR) is 66.5 cm³/mol. The van der Waals surface area contributed by atoms with Crippen LogP contribution in [0.3, 0.4) is 0 Å². The first kappa shape index (κ1) is 13.6. The highest BCUT2D eigenvalue weighted by atomic mass is 35.5. The number of methoxy groups -OCH3 is 1. The van der Waals surface area contributed by atoms with Crippen molar-refractivity contribution in [2.24, 2.45) is 5.73 Å². The molecule has 1 aromatic rings. The number of fused-ring (bicyclic) bond motifs is 1. The molecule has 0 bridgehead atoms. The molecule has 2 N–H and O–H groups in total. The molecule has 5 heteroatoms. The van der Waals surface area contributed by atoms with Crippen LogP contribution in [0.2, 0.25) is 5.02 Å². The van der Waals surface area contributed by atoms with Gasteiger partial charge in [0.25, 0.3) is 0 Å². The molecule has 0 aliphatic carbocycles. The molecular formula is C11H15Cl2NO2.